The number of carbonyl (C=O) groups excluding carboxylic acids is 2. The van der Waals surface area contributed by atoms with Gasteiger partial charge in [-0.05, 0) is 61.7 Å². The minimum absolute atomic E-state index is 0.180. The van der Waals surface area contributed by atoms with Crippen molar-refractivity contribution in [3.8, 4) is 0 Å². The number of aromatic amines is 1. The molecule has 0 atom stereocenters. The summed E-state index contributed by atoms with van der Waals surface area (Å²) in [4.78, 5) is 28.0. The molecule has 6 heteroatoms. The van der Waals surface area contributed by atoms with Crippen LogP contribution in [-0.4, -0.2) is 24.0 Å². The van der Waals surface area contributed by atoms with Crippen LogP contribution in [0.15, 0.2) is 30.3 Å². The maximum absolute atomic E-state index is 12.9. The zero-order chi connectivity index (χ0) is 19.0. The average Bonchev–Trinajstić information content (AvgIpc) is 2.95. The fourth-order valence-corrected chi connectivity index (χ4v) is 3.11. The number of fused-ring (bicyclic) bond motifs is 1. The third kappa shape index (κ3) is 3.18. The Bertz CT molecular complexity index is 1040. The number of hydrogen-bond acceptors (Lipinski definition) is 3. The fraction of sp³-hybridized carbons (Fsp3) is 0.200. The molecule has 1 heterocycles. The molecular weight excluding hydrogens is 352 g/mol. The monoisotopic (exact) mass is 370 g/mol. The number of rotatable bonds is 3. The first-order valence-corrected chi connectivity index (χ1v) is 8.48. The van der Waals surface area contributed by atoms with E-state index in [9.17, 15) is 9.59 Å². The second-order valence-corrected chi connectivity index (χ2v) is 6.70. The van der Waals surface area contributed by atoms with Gasteiger partial charge in [-0.25, -0.2) is 4.79 Å². The van der Waals surface area contributed by atoms with Gasteiger partial charge in [-0.3, -0.25) is 4.79 Å². The van der Waals surface area contributed by atoms with Crippen LogP contribution in [0, 0.1) is 20.8 Å². The van der Waals surface area contributed by atoms with E-state index in [-0.39, 0.29) is 11.6 Å². The number of hydrogen-bond donors (Lipinski definition) is 2. The normalized spacial score (nSPS) is 10.8. The lowest BCUT2D eigenvalue weighted by molar-refractivity contribution is 0.0596. The summed E-state index contributed by atoms with van der Waals surface area (Å²) in [5.74, 6) is -0.860. The van der Waals surface area contributed by atoms with Gasteiger partial charge in [0.25, 0.3) is 5.91 Å². The minimum Gasteiger partial charge on any atom is -0.464 e. The highest BCUT2D eigenvalue weighted by molar-refractivity contribution is 6.31. The number of amides is 1. The molecule has 0 radical (unpaired) electrons. The number of aryl methyl sites for hydroxylation is 3. The van der Waals surface area contributed by atoms with Crippen molar-refractivity contribution in [2.45, 2.75) is 20.8 Å². The summed E-state index contributed by atoms with van der Waals surface area (Å²) in [7, 11) is 1.29. The summed E-state index contributed by atoms with van der Waals surface area (Å²) in [5.41, 5.74) is 4.78. The van der Waals surface area contributed by atoms with Crippen LogP contribution in [-0.2, 0) is 4.74 Å². The molecule has 0 spiro atoms. The SMILES string of the molecule is COC(=O)c1[nH]c2ccc(Cl)cc2c1NC(=O)c1cc(C)c(C)cc1C. The number of H-pyrrole nitrogens is 1. The number of carbonyl (C=O) groups is 2. The number of methoxy groups -OCH3 is 1. The lowest BCUT2D eigenvalue weighted by Crippen LogP contribution is -2.16. The smallest absolute Gasteiger partial charge is 0.356 e. The molecule has 0 saturated heterocycles. The van der Waals surface area contributed by atoms with E-state index in [0.717, 1.165) is 16.7 Å². The highest BCUT2D eigenvalue weighted by Gasteiger charge is 2.22. The maximum atomic E-state index is 12.9. The molecule has 134 valence electrons. The number of halogens is 1. The molecule has 0 bridgehead atoms. The maximum Gasteiger partial charge on any atom is 0.356 e. The predicted molar refractivity (Wildman–Crippen MR) is 103 cm³/mol. The first kappa shape index (κ1) is 18.0. The number of aromatic nitrogens is 1. The lowest BCUT2D eigenvalue weighted by Gasteiger charge is -2.11. The van der Waals surface area contributed by atoms with Crippen molar-refractivity contribution in [1.82, 2.24) is 4.98 Å². The zero-order valence-electron chi connectivity index (χ0n) is 15.0. The molecule has 2 aromatic carbocycles. The Labute approximate surface area is 156 Å². The van der Waals surface area contributed by atoms with Crippen molar-refractivity contribution in [3.63, 3.8) is 0 Å². The van der Waals surface area contributed by atoms with Crippen LogP contribution >= 0.6 is 11.6 Å². The Hall–Kier alpha value is -2.79. The summed E-state index contributed by atoms with van der Waals surface area (Å²) in [6.45, 7) is 5.84. The fourth-order valence-electron chi connectivity index (χ4n) is 2.94. The van der Waals surface area contributed by atoms with Crippen LogP contribution in [0.2, 0.25) is 5.02 Å². The summed E-state index contributed by atoms with van der Waals surface area (Å²) in [6.07, 6.45) is 0. The molecule has 1 aromatic heterocycles. The van der Waals surface area contributed by atoms with E-state index in [1.54, 1.807) is 18.2 Å². The topological polar surface area (TPSA) is 71.2 Å². The summed E-state index contributed by atoms with van der Waals surface area (Å²) >= 11 is 6.09. The van der Waals surface area contributed by atoms with Gasteiger partial charge >= 0.3 is 5.97 Å². The molecule has 0 aliphatic rings. The molecule has 0 saturated carbocycles. The lowest BCUT2D eigenvalue weighted by atomic mass is 10.0. The molecule has 5 nitrogen and oxygen atoms in total. The largest absolute Gasteiger partial charge is 0.464 e. The first-order chi connectivity index (χ1) is 12.3. The molecule has 0 aliphatic heterocycles. The Morgan fingerprint density at radius 3 is 2.42 bits per heavy atom. The molecule has 0 aliphatic carbocycles. The van der Waals surface area contributed by atoms with E-state index in [4.69, 9.17) is 16.3 Å². The third-order valence-corrected chi connectivity index (χ3v) is 4.71. The summed E-state index contributed by atoms with van der Waals surface area (Å²) in [5, 5.41) is 4.00. The Balaban J connectivity index is 2.10. The van der Waals surface area contributed by atoms with Crippen molar-refractivity contribution in [2.24, 2.45) is 0 Å². The van der Waals surface area contributed by atoms with Gasteiger partial charge in [0.05, 0.1) is 12.8 Å². The van der Waals surface area contributed by atoms with Crippen molar-refractivity contribution in [1.29, 1.82) is 0 Å². The van der Waals surface area contributed by atoms with Crippen LogP contribution in [0.5, 0.6) is 0 Å². The van der Waals surface area contributed by atoms with E-state index < -0.39 is 5.97 Å². The van der Waals surface area contributed by atoms with Gasteiger partial charge in [0, 0.05) is 21.5 Å². The standard InChI is InChI=1S/C20H19ClN2O3/c1-10-7-12(3)14(8-11(10)2)19(24)23-17-15-9-13(21)5-6-16(15)22-18(17)20(25)26-4/h5-9,22H,1-4H3,(H,23,24). The Kier molecular flexibility index (Phi) is 4.74. The number of ether oxygens (including phenoxy) is 1. The van der Waals surface area contributed by atoms with Crippen LogP contribution < -0.4 is 5.32 Å². The van der Waals surface area contributed by atoms with Crippen molar-refractivity contribution < 1.29 is 14.3 Å². The molecular formula is C20H19ClN2O3. The minimum atomic E-state index is -0.565. The molecule has 0 unspecified atom stereocenters. The summed E-state index contributed by atoms with van der Waals surface area (Å²) in [6, 6.07) is 8.97. The number of nitrogens with one attached hydrogen (secondary N) is 2. The highest BCUT2D eigenvalue weighted by Crippen LogP contribution is 2.31. The molecule has 3 aromatic rings. The van der Waals surface area contributed by atoms with Crippen LogP contribution in [0.4, 0.5) is 5.69 Å². The summed E-state index contributed by atoms with van der Waals surface area (Å²) < 4.78 is 4.83. The van der Waals surface area contributed by atoms with E-state index >= 15 is 0 Å². The van der Waals surface area contributed by atoms with Gasteiger partial charge in [-0.2, -0.15) is 0 Å². The number of esters is 1. The highest BCUT2D eigenvalue weighted by atomic mass is 35.5. The molecule has 2 N–H and O–H groups in total. The van der Waals surface area contributed by atoms with Gasteiger partial charge in [0.2, 0.25) is 0 Å². The van der Waals surface area contributed by atoms with Crippen molar-refractivity contribution in [2.75, 3.05) is 12.4 Å². The van der Waals surface area contributed by atoms with E-state index in [2.05, 4.69) is 10.3 Å². The third-order valence-electron chi connectivity index (χ3n) is 4.47. The van der Waals surface area contributed by atoms with Crippen LogP contribution in [0.25, 0.3) is 10.9 Å². The van der Waals surface area contributed by atoms with Gasteiger partial charge in [0.1, 0.15) is 5.69 Å². The second kappa shape index (κ2) is 6.84. The van der Waals surface area contributed by atoms with Crippen molar-refractivity contribution >= 4 is 40.1 Å². The average molecular weight is 371 g/mol. The first-order valence-electron chi connectivity index (χ1n) is 8.10. The van der Waals surface area contributed by atoms with Crippen LogP contribution in [0.3, 0.4) is 0 Å². The number of benzene rings is 2. The van der Waals surface area contributed by atoms with Gasteiger partial charge < -0.3 is 15.0 Å². The zero-order valence-corrected chi connectivity index (χ0v) is 15.7. The van der Waals surface area contributed by atoms with E-state index in [1.165, 1.54) is 7.11 Å². The predicted octanol–water partition coefficient (Wildman–Crippen LogP) is 4.79. The van der Waals surface area contributed by atoms with Gasteiger partial charge in [-0.15, -0.1) is 0 Å². The molecule has 0 fully saturated rings. The molecule has 1 amide bonds. The van der Waals surface area contributed by atoms with E-state index in [0.29, 0.717) is 27.2 Å². The Morgan fingerprint density at radius 1 is 1.04 bits per heavy atom. The van der Waals surface area contributed by atoms with Gasteiger partial charge in [0.15, 0.2) is 0 Å². The quantitative estimate of drug-likeness (QED) is 0.651. The van der Waals surface area contributed by atoms with Gasteiger partial charge in [-0.1, -0.05) is 17.7 Å². The van der Waals surface area contributed by atoms with Crippen molar-refractivity contribution in [3.05, 3.63) is 63.3 Å². The molecule has 26 heavy (non-hydrogen) atoms. The second-order valence-electron chi connectivity index (χ2n) is 6.26. The van der Waals surface area contributed by atoms with Crippen LogP contribution in [0.1, 0.15) is 37.5 Å². The van der Waals surface area contributed by atoms with E-state index in [1.807, 2.05) is 32.9 Å². The number of anilines is 1. The Morgan fingerprint density at radius 2 is 1.73 bits per heavy atom. The molecule has 3 rings (SSSR count).